The van der Waals surface area contributed by atoms with Crippen LogP contribution in [0.25, 0.3) is 0 Å². The Labute approximate surface area is 133 Å². The molecule has 0 spiro atoms. The van der Waals surface area contributed by atoms with Crippen LogP contribution in [0.5, 0.6) is 0 Å². The second kappa shape index (κ2) is 7.11. The van der Waals surface area contributed by atoms with Crippen LogP contribution in [0.2, 0.25) is 5.02 Å². The number of halogens is 2. The van der Waals surface area contributed by atoms with Gasteiger partial charge in [0.25, 0.3) is 0 Å². The molecule has 0 amide bonds. The zero-order valence-corrected chi connectivity index (χ0v) is 13.8. The van der Waals surface area contributed by atoms with Crippen LogP contribution in [-0.2, 0) is 13.0 Å². The lowest BCUT2D eigenvalue weighted by molar-refractivity contribution is 0.917. The van der Waals surface area contributed by atoms with E-state index >= 15 is 0 Å². The van der Waals surface area contributed by atoms with Crippen LogP contribution < -0.4 is 10.6 Å². The molecule has 4 heteroatoms. The Morgan fingerprint density at radius 1 is 1.15 bits per heavy atom. The number of nitrogens with two attached hydrogens (primary N) is 1. The molecule has 2 N–H and O–H groups in total. The fraction of sp³-hybridized carbons (Fsp3) is 0.250. The molecule has 2 rings (SSSR count). The van der Waals surface area contributed by atoms with E-state index in [-0.39, 0.29) is 0 Å². The highest BCUT2D eigenvalue weighted by Crippen LogP contribution is 2.25. The molecule has 0 saturated heterocycles. The van der Waals surface area contributed by atoms with E-state index in [2.05, 4.69) is 58.2 Å². The molecule has 0 radical (unpaired) electrons. The van der Waals surface area contributed by atoms with Gasteiger partial charge in [-0.25, -0.2) is 0 Å². The molecule has 2 nitrogen and oxygen atoms in total. The third-order valence-electron chi connectivity index (χ3n) is 3.22. The van der Waals surface area contributed by atoms with Crippen molar-refractivity contribution in [2.24, 2.45) is 5.73 Å². The maximum Gasteiger partial charge on any atom is 0.0426 e. The number of hydrogen-bond donors (Lipinski definition) is 1. The Morgan fingerprint density at radius 3 is 2.45 bits per heavy atom. The summed E-state index contributed by atoms with van der Waals surface area (Å²) in [6.45, 7) is 1.51. The van der Waals surface area contributed by atoms with Crippen molar-refractivity contribution in [2.75, 3.05) is 18.5 Å². The molecule has 0 aliphatic carbocycles. The molecule has 0 bridgehead atoms. The van der Waals surface area contributed by atoms with E-state index in [0.29, 0.717) is 6.54 Å². The molecule has 0 aliphatic heterocycles. The molecule has 0 fully saturated rings. The van der Waals surface area contributed by atoms with Gasteiger partial charge in [0.2, 0.25) is 0 Å². The Hall–Kier alpha value is -1.03. The van der Waals surface area contributed by atoms with Crippen molar-refractivity contribution in [2.45, 2.75) is 13.0 Å². The quantitative estimate of drug-likeness (QED) is 0.871. The van der Waals surface area contributed by atoms with Crippen LogP contribution in [0.15, 0.2) is 46.9 Å². The molecule has 0 aromatic heterocycles. The Kier molecular flexibility index (Phi) is 5.46. The van der Waals surface area contributed by atoms with Gasteiger partial charge in [-0.1, -0.05) is 45.7 Å². The predicted molar refractivity (Wildman–Crippen MR) is 90.5 cm³/mol. The van der Waals surface area contributed by atoms with Crippen LogP contribution in [0.3, 0.4) is 0 Å². The first-order chi connectivity index (χ1) is 9.60. The Bertz CT molecular complexity index is 569. The molecule has 2 aromatic carbocycles. The summed E-state index contributed by atoms with van der Waals surface area (Å²) in [5, 5.41) is 0.769. The van der Waals surface area contributed by atoms with Gasteiger partial charge in [0.05, 0.1) is 0 Å². The van der Waals surface area contributed by atoms with Crippen molar-refractivity contribution < 1.29 is 0 Å². The number of benzene rings is 2. The minimum Gasteiger partial charge on any atom is -0.370 e. The maximum atomic E-state index is 5.90. The normalized spacial score (nSPS) is 10.6. The summed E-state index contributed by atoms with van der Waals surface area (Å²) >= 11 is 9.51. The summed E-state index contributed by atoms with van der Waals surface area (Å²) in [6.07, 6.45) is 0.891. The first-order valence-electron chi connectivity index (χ1n) is 6.54. The zero-order chi connectivity index (χ0) is 14.5. The van der Waals surface area contributed by atoms with E-state index < -0.39 is 0 Å². The van der Waals surface area contributed by atoms with Crippen LogP contribution in [0.1, 0.15) is 11.1 Å². The summed E-state index contributed by atoms with van der Waals surface area (Å²) in [4.78, 5) is 2.21. The van der Waals surface area contributed by atoms with Gasteiger partial charge in [-0.3, -0.25) is 0 Å². The molecular formula is C16H18BrClN2. The highest BCUT2D eigenvalue weighted by Gasteiger charge is 2.06. The molecule has 20 heavy (non-hydrogen) atoms. The summed E-state index contributed by atoms with van der Waals surface area (Å²) < 4.78 is 1.11. The van der Waals surface area contributed by atoms with Crippen LogP contribution in [-0.4, -0.2) is 13.6 Å². The SMILES string of the molecule is CN(Cc1ccc(Cl)cc1)c1ccc(CCN)c(Br)c1. The average molecular weight is 354 g/mol. The maximum absolute atomic E-state index is 5.90. The third-order valence-corrected chi connectivity index (χ3v) is 4.21. The molecule has 0 saturated carbocycles. The standard InChI is InChI=1S/C16H18BrClN2/c1-20(11-12-2-5-14(18)6-3-12)15-7-4-13(8-9-19)16(17)10-15/h2-7,10H,8-9,11,19H2,1H3. The molecule has 0 heterocycles. The number of hydrogen-bond acceptors (Lipinski definition) is 2. The van der Waals surface area contributed by atoms with Crippen molar-refractivity contribution in [3.8, 4) is 0 Å². The summed E-state index contributed by atoms with van der Waals surface area (Å²) in [6, 6.07) is 14.3. The number of rotatable bonds is 5. The summed E-state index contributed by atoms with van der Waals surface area (Å²) in [5.74, 6) is 0. The van der Waals surface area contributed by atoms with Gasteiger partial charge < -0.3 is 10.6 Å². The highest BCUT2D eigenvalue weighted by atomic mass is 79.9. The minimum absolute atomic E-state index is 0.665. The van der Waals surface area contributed by atoms with Crippen molar-refractivity contribution in [3.63, 3.8) is 0 Å². The van der Waals surface area contributed by atoms with Gasteiger partial charge in [-0.15, -0.1) is 0 Å². The van der Waals surface area contributed by atoms with Gasteiger partial charge >= 0.3 is 0 Å². The molecular weight excluding hydrogens is 336 g/mol. The lowest BCUT2D eigenvalue weighted by Crippen LogP contribution is -2.16. The smallest absolute Gasteiger partial charge is 0.0426 e. The van der Waals surface area contributed by atoms with Gasteiger partial charge in [0.15, 0.2) is 0 Å². The lowest BCUT2D eigenvalue weighted by Gasteiger charge is -2.20. The molecule has 106 valence electrons. The van der Waals surface area contributed by atoms with Crippen LogP contribution in [0, 0.1) is 0 Å². The second-order valence-corrected chi connectivity index (χ2v) is 6.09. The Morgan fingerprint density at radius 2 is 1.85 bits per heavy atom. The highest BCUT2D eigenvalue weighted by molar-refractivity contribution is 9.10. The first-order valence-corrected chi connectivity index (χ1v) is 7.71. The minimum atomic E-state index is 0.665. The van der Waals surface area contributed by atoms with Crippen LogP contribution >= 0.6 is 27.5 Å². The lowest BCUT2D eigenvalue weighted by atomic mass is 10.1. The monoisotopic (exact) mass is 352 g/mol. The fourth-order valence-electron chi connectivity index (χ4n) is 2.09. The number of nitrogens with zero attached hydrogens (tertiary/aromatic N) is 1. The Balaban J connectivity index is 2.10. The van der Waals surface area contributed by atoms with Gasteiger partial charge in [0, 0.05) is 28.8 Å². The molecule has 0 atom stereocenters. The van der Waals surface area contributed by atoms with E-state index in [4.69, 9.17) is 17.3 Å². The van der Waals surface area contributed by atoms with Crippen LogP contribution in [0.4, 0.5) is 5.69 Å². The fourth-order valence-corrected chi connectivity index (χ4v) is 2.78. The van der Waals surface area contributed by atoms with E-state index in [0.717, 1.165) is 22.5 Å². The predicted octanol–water partition coefficient (Wildman–Crippen LogP) is 4.24. The molecule has 0 aliphatic rings. The van der Waals surface area contributed by atoms with Gasteiger partial charge in [-0.05, 0) is 48.4 Å². The van der Waals surface area contributed by atoms with Gasteiger partial charge in [0.1, 0.15) is 0 Å². The molecule has 0 unspecified atom stereocenters. The van der Waals surface area contributed by atoms with Gasteiger partial charge in [-0.2, -0.15) is 0 Å². The zero-order valence-electron chi connectivity index (χ0n) is 11.4. The topological polar surface area (TPSA) is 29.3 Å². The second-order valence-electron chi connectivity index (χ2n) is 4.80. The van der Waals surface area contributed by atoms with Crippen molar-refractivity contribution in [1.29, 1.82) is 0 Å². The largest absolute Gasteiger partial charge is 0.370 e. The first kappa shape index (κ1) is 15.4. The third kappa shape index (κ3) is 3.98. The molecule has 2 aromatic rings. The van der Waals surface area contributed by atoms with E-state index in [1.54, 1.807) is 0 Å². The summed E-state index contributed by atoms with van der Waals surface area (Å²) in [5.41, 5.74) is 9.25. The van der Waals surface area contributed by atoms with Crippen molar-refractivity contribution in [1.82, 2.24) is 0 Å². The van der Waals surface area contributed by atoms with Crippen molar-refractivity contribution in [3.05, 3.63) is 63.1 Å². The van der Waals surface area contributed by atoms with E-state index in [1.165, 1.54) is 16.8 Å². The average Bonchev–Trinajstić information content (AvgIpc) is 2.44. The summed E-state index contributed by atoms with van der Waals surface area (Å²) in [7, 11) is 2.08. The van der Waals surface area contributed by atoms with E-state index in [9.17, 15) is 0 Å². The van der Waals surface area contributed by atoms with E-state index in [1.807, 2.05) is 12.1 Å². The number of anilines is 1. The van der Waals surface area contributed by atoms with Crippen molar-refractivity contribution >= 4 is 33.2 Å².